The van der Waals surface area contributed by atoms with Gasteiger partial charge in [-0.3, -0.25) is 19.7 Å². The largest absolute Gasteiger partial charge is 0.493 e. The summed E-state index contributed by atoms with van der Waals surface area (Å²) in [5.41, 5.74) is 0.143. The molecule has 1 aromatic carbocycles. The molecule has 0 atom stereocenters. The van der Waals surface area contributed by atoms with Crippen LogP contribution in [0.15, 0.2) is 23.9 Å². The monoisotopic (exact) mass is 309 g/mol. The lowest BCUT2D eigenvalue weighted by molar-refractivity contribution is -0.428. The number of esters is 2. The van der Waals surface area contributed by atoms with E-state index in [0.29, 0.717) is 5.56 Å². The molecule has 0 aromatic heterocycles. The number of rotatable bonds is 6. The first-order valence-corrected chi connectivity index (χ1v) is 6.18. The van der Waals surface area contributed by atoms with Crippen molar-refractivity contribution in [3.8, 4) is 11.5 Å². The van der Waals surface area contributed by atoms with Crippen molar-refractivity contribution in [1.82, 2.24) is 0 Å². The van der Waals surface area contributed by atoms with Crippen molar-refractivity contribution in [2.75, 3.05) is 13.7 Å². The van der Waals surface area contributed by atoms with E-state index in [1.807, 2.05) is 0 Å². The predicted octanol–water partition coefficient (Wildman–Crippen LogP) is 1.80. The molecule has 0 radical (unpaired) electrons. The Labute approximate surface area is 126 Å². The van der Waals surface area contributed by atoms with E-state index in [4.69, 9.17) is 9.47 Å². The van der Waals surface area contributed by atoms with Gasteiger partial charge in [0.25, 0.3) is 5.70 Å². The lowest BCUT2D eigenvalue weighted by atomic mass is 10.1. The van der Waals surface area contributed by atoms with Crippen molar-refractivity contribution in [2.24, 2.45) is 0 Å². The van der Waals surface area contributed by atoms with E-state index < -0.39 is 23.5 Å². The van der Waals surface area contributed by atoms with Crippen LogP contribution in [0.2, 0.25) is 0 Å². The molecule has 1 aromatic rings. The van der Waals surface area contributed by atoms with Gasteiger partial charge in [-0.25, -0.2) is 0 Å². The molecule has 0 aliphatic rings. The summed E-state index contributed by atoms with van der Waals surface area (Å²) in [6.45, 7) is 1.96. The summed E-state index contributed by atoms with van der Waals surface area (Å²) < 4.78 is 14.6. The molecule has 0 saturated carbocycles. The number of carbonyl (C=O) groups is 2. The summed E-state index contributed by atoms with van der Waals surface area (Å²) in [6, 6.07) is 4.43. The Balaban J connectivity index is 3.08. The van der Waals surface area contributed by atoms with Crippen LogP contribution in [0.25, 0.3) is 6.08 Å². The van der Waals surface area contributed by atoms with Crippen molar-refractivity contribution in [3.05, 3.63) is 39.6 Å². The molecule has 0 aliphatic heterocycles. The van der Waals surface area contributed by atoms with Crippen molar-refractivity contribution in [3.63, 3.8) is 0 Å². The number of benzene rings is 1. The Morgan fingerprint density at radius 2 is 1.91 bits per heavy atom. The topological polar surface area (TPSA) is 105 Å². The van der Waals surface area contributed by atoms with Crippen molar-refractivity contribution in [1.29, 1.82) is 0 Å². The predicted molar refractivity (Wildman–Crippen MR) is 75.9 cm³/mol. The van der Waals surface area contributed by atoms with Gasteiger partial charge in [-0.1, -0.05) is 6.07 Å². The first kappa shape index (κ1) is 17.2. The lowest BCUT2D eigenvalue weighted by Gasteiger charge is -2.08. The fourth-order valence-electron chi connectivity index (χ4n) is 1.53. The van der Waals surface area contributed by atoms with Crippen molar-refractivity contribution in [2.45, 2.75) is 13.8 Å². The first-order chi connectivity index (χ1) is 10.3. The Hall–Kier alpha value is -2.90. The van der Waals surface area contributed by atoms with Gasteiger partial charge in [-0.15, -0.1) is 0 Å². The van der Waals surface area contributed by atoms with Gasteiger partial charge in [-0.05, 0) is 17.7 Å². The van der Waals surface area contributed by atoms with Gasteiger partial charge < -0.3 is 14.2 Å². The summed E-state index contributed by atoms with van der Waals surface area (Å²) >= 11 is 0. The number of methoxy groups -OCH3 is 1. The number of hydrogen-bond acceptors (Lipinski definition) is 7. The summed E-state index contributed by atoms with van der Waals surface area (Å²) in [6.07, 6.45) is 1.24. The summed E-state index contributed by atoms with van der Waals surface area (Å²) in [5.74, 6) is -0.674. The molecule has 0 N–H and O–H groups in total. The van der Waals surface area contributed by atoms with E-state index in [9.17, 15) is 19.7 Å². The lowest BCUT2D eigenvalue weighted by Crippen LogP contribution is -2.09. The third-order valence-corrected chi connectivity index (χ3v) is 2.43. The standard InChI is InChI=1S/C14H15NO7/c1-9(16)21-8-12(15(18)19)6-11-4-5-13(22-10(2)17)14(7-11)20-3/h4-7H,8H2,1-3H3/b12-6+. The highest BCUT2D eigenvalue weighted by Gasteiger charge is 2.14. The number of nitro groups is 1. The molecular weight excluding hydrogens is 294 g/mol. The highest BCUT2D eigenvalue weighted by Crippen LogP contribution is 2.29. The zero-order valence-corrected chi connectivity index (χ0v) is 12.3. The highest BCUT2D eigenvalue weighted by atomic mass is 16.6. The van der Waals surface area contributed by atoms with E-state index in [2.05, 4.69) is 4.74 Å². The van der Waals surface area contributed by atoms with Gasteiger partial charge in [0.2, 0.25) is 0 Å². The second kappa shape index (κ2) is 7.77. The fourth-order valence-corrected chi connectivity index (χ4v) is 1.53. The number of carbonyl (C=O) groups excluding carboxylic acids is 2. The summed E-state index contributed by atoms with van der Waals surface area (Å²) in [5, 5.41) is 10.9. The van der Waals surface area contributed by atoms with E-state index in [-0.39, 0.29) is 17.2 Å². The normalized spacial score (nSPS) is 10.8. The summed E-state index contributed by atoms with van der Waals surface area (Å²) in [4.78, 5) is 32.0. The van der Waals surface area contributed by atoms with E-state index in [0.717, 1.165) is 6.92 Å². The molecule has 22 heavy (non-hydrogen) atoms. The molecule has 0 heterocycles. The van der Waals surface area contributed by atoms with Gasteiger partial charge >= 0.3 is 11.9 Å². The van der Waals surface area contributed by atoms with Gasteiger partial charge in [0.05, 0.1) is 12.0 Å². The van der Waals surface area contributed by atoms with E-state index >= 15 is 0 Å². The van der Waals surface area contributed by atoms with Crippen LogP contribution >= 0.6 is 0 Å². The molecule has 0 amide bonds. The molecule has 0 bridgehead atoms. The van der Waals surface area contributed by atoms with E-state index in [1.54, 1.807) is 0 Å². The van der Waals surface area contributed by atoms with Gasteiger partial charge in [-0.2, -0.15) is 0 Å². The van der Waals surface area contributed by atoms with Crippen LogP contribution in [0.4, 0.5) is 0 Å². The SMILES string of the molecule is COc1cc(/C=C(\COC(C)=O)[N+](=O)[O-])ccc1OC(C)=O. The second-order valence-electron chi connectivity index (χ2n) is 4.18. The smallest absolute Gasteiger partial charge is 0.308 e. The van der Waals surface area contributed by atoms with Crippen molar-refractivity contribution < 1.29 is 28.7 Å². The van der Waals surface area contributed by atoms with Crippen LogP contribution in [0.3, 0.4) is 0 Å². The van der Waals surface area contributed by atoms with Crippen LogP contribution in [0.5, 0.6) is 11.5 Å². The quantitative estimate of drug-likeness (QED) is 0.341. The fraction of sp³-hybridized carbons (Fsp3) is 0.286. The molecule has 8 nitrogen and oxygen atoms in total. The first-order valence-electron chi connectivity index (χ1n) is 6.18. The average Bonchev–Trinajstić information content (AvgIpc) is 2.43. The maximum absolute atomic E-state index is 11.0. The van der Waals surface area contributed by atoms with Gasteiger partial charge in [0, 0.05) is 19.9 Å². The van der Waals surface area contributed by atoms with Gasteiger partial charge in [0.15, 0.2) is 18.1 Å². The molecule has 0 fully saturated rings. The zero-order valence-electron chi connectivity index (χ0n) is 12.3. The average molecular weight is 309 g/mol. The van der Waals surface area contributed by atoms with Crippen LogP contribution in [0, 0.1) is 10.1 Å². The maximum Gasteiger partial charge on any atom is 0.308 e. The minimum atomic E-state index is -0.643. The van der Waals surface area contributed by atoms with Gasteiger partial charge in [0.1, 0.15) is 0 Å². The van der Waals surface area contributed by atoms with Crippen LogP contribution in [0.1, 0.15) is 19.4 Å². The molecule has 8 heteroatoms. The number of nitrogens with zero attached hydrogens (tertiary/aromatic N) is 1. The molecule has 0 saturated heterocycles. The molecular formula is C14H15NO7. The number of hydrogen-bond donors (Lipinski definition) is 0. The van der Waals surface area contributed by atoms with Crippen LogP contribution in [-0.4, -0.2) is 30.6 Å². The zero-order chi connectivity index (χ0) is 16.7. The Bertz CT molecular complexity index is 622. The molecule has 0 spiro atoms. The minimum Gasteiger partial charge on any atom is -0.493 e. The van der Waals surface area contributed by atoms with Crippen LogP contribution < -0.4 is 9.47 Å². The minimum absolute atomic E-state index is 0.204. The van der Waals surface area contributed by atoms with Crippen LogP contribution in [-0.2, 0) is 14.3 Å². The molecule has 1 rings (SSSR count). The third kappa shape index (κ3) is 5.23. The Morgan fingerprint density at radius 1 is 1.23 bits per heavy atom. The Morgan fingerprint density at radius 3 is 2.41 bits per heavy atom. The maximum atomic E-state index is 11.0. The molecule has 0 aliphatic carbocycles. The molecule has 118 valence electrons. The van der Waals surface area contributed by atoms with Crippen molar-refractivity contribution >= 4 is 18.0 Å². The van der Waals surface area contributed by atoms with E-state index in [1.165, 1.54) is 38.3 Å². The molecule has 0 unspecified atom stereocenters. The highest BCUT2D eigenvalue weighted by molar-refractivity contribution is 5.71. The summed E-state index contributed by atoms with van der Waals surface area (Å²) in [7, 11) is 1.38. The second-order valence-corrected chi connectivity index (χ2v) is 4.18. The number of ether oxygens (including phenoxy) is 3. The third-order valence-electron chi connectivity index (χ3n) is 2.43. The Kier molecular flexibility index (Phi) is 6.06.